The summed E-state index contributed by atoms with van der Waals surface area (Å²) in [5.74, 6) is -14.5. The van der Waals surface area contributed by atoms with Crippen LogP contribution in [0.1, 0.15) is 0 Å². The van der Waals surface area contributed by atoms with Crippen LogP contribution < -0.4 is 19.0 Å². The molecule has 370 valence electrons. The van der Waals surface area contributed by atoms with E-state index in [0.717, 1.165) is 24.3 Å². The van der Waals surface area contributed by atoms with Gasteiger partial charge in [0, 0.05) is 50.5 Å². The van der Waals surface area contributed by atoms with Crippen molar-refractivity contribution in [1.82, 2.24) is 39.6 Å². The van der Waals surface area contributed by atoms with E-state index in [0.29, 0.717) is 39.1 Å². The van der Waals surface area contributed by atoms with E-state index in [4.69, 9.17) is 49.0 Å². The Labute approximate surface area is 420 Å². The summed E-state index contributed by atoms with van der Waals surface area (Å²) in [5.41, 5.74) is 2.24. The molecule has 1 N–H and O–H groups in total. The molecule has 0 saturated carbocycles. The fourth-order valence-electron chi connectivity index (χ4n) is 8.79. The summed E-state index contributed by atoms with van der Waals surface area (Å²) in [5, 5.41) is 1.11. The van der Waals surface area contributed by atoms with Gasteiger partial charge in [-0.3, -0.25) is 0 Å². The maximum Gasteiger partial charge on any atom is 0.213 e. The Balaban J connectivity index is 1.20. The molecule has 0 atom stereocenters. The molecular formula is C56H26F8N8O4. The van der Waals surface area contributed by atoms with E-state index in [-0.39, 0.29) is 74.2 Å². The van der Waals surface area contributed by atoms with Crippen LogP contribution in [0, 0.1) is 46.5 Å². The zero-order valence-corrected chi connectivity index (χ0v) is 38.2. The third kappa shape index (κ3) is 7.77. The van der Waals surface area contributed by atoms with E-state index < -0.39 is 75.3 Å². The standard InChI is InChI=1S/C56H26F8N8O4/c57-26-13-18-29(19-14-26)73-48-43-37(24-42(47(48)75-40-22-17-28(59)23-38(40)60)74-41-25-39(61)44(62)46(64)45(41)63)53-67-49-31-7-1-3-9-33(31)51(65-49)70-55-35-11-5-6-12-36(35)56(72(55)76-30-20-15-27(58)16-21-30)71-52-34-10-4-2-8-32(34)50(66-52)68-54(43)69-53/h1-25H,(H,65,66,67,68,69,70,71). The van der Waals surface area contributed by atoms with Crippen LogP contribution in [-0.4, -0.2) is 39.6 Å². The molecular weight excluding hydrogens is 1000 g/mol. The largest absolute Gasteiger partial charge is 0.452 e. The van der Waals surface area contributed by atoms with Gasteiger partial charge in [-0.2, -0.15) is 4.39 Å². The molecule has 0 fully saturated rings. The molecule has 11 aromatic rings. The van der Waals surface area contributed by atoms with Crippen LogP contribution in [0.2, 0.25) is 0 Å². The van der Waals surface area contributed by atoms with Gasteiger partial charge in [-0.05, 0) is 66.7 Å². The van der Waals surface area contributed by atoms with Gasteiger partial charge in [-0.15, -0.1) is 4.73 Å². The van der Waals surface area contributed by atoms with Gasteiger partial charge in [-0.25, -0.2) is 60.6 Å². The minimum atomic E-state index is -2.22. The van der Waals surface area contributed by atoms with Crippen LogP contribution in [0.3, 0.4) is 0 Å². The van der Waals surface area contributed by atoms with E-state index in [9.17, 15) is 26.3 Å². The molecule has 12 nitrogen and oxygen atoms in total. The monoisotopic (exact) mass is 1030 g/mol. The molecule has 8 aromatic carbocycles. The lowest BCUT2D eigenvalue weighted by Gasteiger charge is -2.18. The Hall–Kier alpha value is -10.2. The third-order valence-corrected chi connectivity index (χ3v) is 12.3. The number of nitrogens with one attached hydrogen (secondary N) is 1. The Morgan fingerprint density at radius 2 is 0.895 bits per heavy atom. The first-order chi connectivity index (χ1) is 36.9. The maximum atomic E-state index is 15.7. The summed E-state index contributed by atoms with van der Waals surface area (Å²) in [6.45, 7) is 0. The van der Waals surface area contributed by atoms with Crippen molar-refractivity contribution in [3.8, 4) is 85.8 Å². The number of ether oxygens (including phenoxy) is 3. The average molecular weight is 1030 g/mol. The Morgan fingerprint density at radius 3 is 1.47 bits per heavy atom. The van der Waals surface area contributed by atoms with E-state index >= 15 is 8.78 Å². The average Bonchev–Trinajstić information content (AvgIpc) is 4.18. The second kappa shape index (κ2) is 17.8. The van der Waals surface area contributed by atoms with Crippen LogP contribution in [0.15, 0.2) is 152 Å². The highest BCUT2D eigenvalue weighted by Crippen LogP contribution is 2.52. The number of aromatic nitrogens is 8. The molecule has 20 heteroatoms. The van der Waals surface area contributed by atoms with Crippen molar-refractivity contribution in [1.29, 1.82) is 0 Å². The molecule has 0 unspecified atom stereocenters. The zero-order valence-electron chi connectivity index (χ0n) is 38.2. The number of hydrogen-bond donors (Lipinski definition) is 1. The van der Waals surface area contributed by atoms with Gasteiger partial charge in [-0.1, -0.05) is 72.8 Å². The smallest absolute Gasteiger partial charge is 0.213 e. The minimum absolute atomic E-state index is 0.00583. The molecule has 3 aromatic heterocycles. The normalized spacial score (nSPS) is 11.7. The highest BCUT2D eigenvalue weighted by atomic mass is 19.2. The van der Waals surface area contributed by atoms with Gasteiger partial charge in [0.1, 0.15) is 34.5 Å². The molecule has 0 amide bonds. The fourth-order valence-corrected chi connectivity index (χ4v) is 8.79. The van der Waals surface area contributed by atoms with E-state index in [1.165, 1.54) is 47.2 Å². The topological polar surface area (TPSA) is 135 Å². The van der Waals surface area contributed by atoms with Crippen molar-refractivity contribution in [2.75, 3.05) is 0 Å². The molecule has 2 aliphatic heterocycles. The SMILES string of the molecule is Fc1ccc(Oc2c(Oc3ccc(F)cc3F)c(Oc3cc(F)c(F)c(F)c3F)cc3c4nc5nc(nc6c7ccccc7c(nc7nc(nc([nH]4)c23)-c2ccccc2-7)n6Oc2ccc(F)cc2)-c2ccccc2-5)cc1. The lowest BCUT2D eigenvalue weighted by Crippen LogP contribution is -2.07. The number of aromatic amines is 1. The first-order valence-corrected chi connectivity index (χ1v) is 22.8. The van der Waals surface area contributed by atoms with Gasteiger partial charge in [0.2, 0.25) is 17.4 Å². The first kappa shape index (κ1) is 45.6. The number of rotatable bonds is 8. The van der Waals surface area contributed by atoms with Gasteiger partial charge in [0.15, 0.2) is 80.8 Å². The van der Waals surface area contributed by atoms with Crippen molar-refractivity contribution in [3.05, 3.63) is 198 Å². The summed E-state index contributed by atoms with van der Waals surface area (Å²) >= 11 is 0. The molecule has 13 rings (SSSR count). The minimum Gasteiger partial charge on any atom is -0.452 e. The van der Waals surface area contributed by atoms with Crippen LogP contribution in [-0.2, 0) is 0 Å². The maximum absolute atomic E-state index is 15.7. The van der Waals surface area contributed by atoms with Gasteiger partial charge < -0.3 is 24.0 Å². The Morgan fingerprint density at radius 1 is 0.368 bits per heavy atom. The van der Waals surface area contributed by atoms with Crippen molar-refractivity contribution in [3.63, 3.8) is 0 Å². The molecule has 2 aliphatic rings. The van der Waals surface area contributed by atoms with Crippen LogP contribution in [0.5, 0.6) is 40.2 Å². The van der Waals surface area contributed by atoms with Crippen LogP contribution in [0.4, 0.5) is 35.1 Å². The lowest BCUT2D eigenvalue weighted by molar-refractivity contribution is 0.237. The highest BCUT2D eigenvalue weighted by Gasteiger charge is 2.30. The number of nitrogens with zero attached hydrogens (tertiary/aromatic N) is 7. The summed E-state index contributed by atoms with van der Waals surface area (Å²) in [4.78, 5) is 39.8. The number of hydrogen-bond acceptors (Lipinski definition) is 10. The quantitative estimate of drug-likeness (QED) is 0.0890. The molecule has 0 aliphatic carbocycles. The third-order valence-electron chi connectivity index (χ3n) is 12.3. The van der Waals surface area contributed by atoms with Crippen molar-refractivity contribution < 1.29 is 54.2 Å². The molecule has 5 heterocycles. The van der Waals surface area contributed by atoms with Gasteiger partial charge in [0.25, 0.3) is 0 Å². The number of benzene rings is 8. The molecule has 0 saturated heterocycles. The number of halogens is 8. The molecule has 8 bridgehead atoms. The summed E-state index contributed by atoms with van der Waals surface area (Å²) in [6, 6.07) is 34.9. The van der Waals surface area contributed by atoms with Crippen LogP contribution in [0.25, 0.3) is 89.7 Å². The van der Waals surface area contributed by atoms with E-state index in [1.807, 2.05) is 24.3 Å². The second-order valence-corrected chi connectivity index (χ2v) is 17.0. The molecule has 76 heavy (non-hydrogen) atoms. The first-order valence-electron chi connectivity index (χ1n) is 22.8. The molecule has 0 radical (unpaired) electrons. The van der Waals surface area contributed by atoms with Crippen molar-refractivity contribution >= 4 is 44.1 Å². The summed E-state index contributed by atoms with van der Waals surface area (Å²) < 4.78 is 139. The second-order valence-electron chi connectivity index (χ2n) is 17.0. The number of H-pyrrole nitrogens is 1. The predicted molar refractivity (Wildman–Crippen MR) is 261 cm³/mol. The summed E-state index contributed by atoms with van der Waals surface area (Å²) in [6.07, 6.45) is 0. The summed E-state index contributed by atoms with van der Waals surface area (Å²) in [7, 11) is 0. The Bertz CT molecular complexity index is 4420. The van der Waals surface area contributed by atoms with Crippen LogP contribution >= 0.6 is 0 Å². The zero-order chi connectivity index (χ0) is 51.9. The number of fused-ring (bicyclic) bond motifs is 20. The highest BCUT2D eigenvalue weighted by molar-refractivity contribution is 6.11. The van der Waals surface area contributed by atoms with E-state index in [1.54, 1.807) is 48.5 Å². The van der Waals surface area contributed by atoms with Crippen molar-refractivity contribution in [2.45, 2.75) is 0 Å². The fraction of sp³-hybridized carbons (Fsp3) is 0. The predicted octanol–water partition coefficient (Wildman–Crippen LogP) is 14.7. The van der Waals surface area contributed by atoms with Crippen molar-refractivity contribution in [2.24, 2.45) is 0 Å². The van der Waals surface area contributed by atoms with E-state index in [2.05, 4.69) is 4.98 Å². The lowest BCUT2D eigenvalue weighted by atomic mass is 10.1. The molecule has 0 spiro atoms. The van der Waals surface area contributed by atoms with Gasteiger partial charge in [0.05, 0.1) is 5.39 Å². The van der Waals surface area contributed by atoms with Gasteiger partial charge >= 0.3 is 0 Å². The Kier molecular flexibility index (Phi) is 10.7.